The summed E-state index contributed by atoms with van der Waals surface area (Å²) in [5, 5.41) is 1.20. The van der Waals surface area contributed by atoms with Crippen molar-refractivity contribution in [3.8, 4) is 11.1 Å². The van der Waals surface area contributed by atoms with Crippen molar-refractivity contribution in [2.45, 2.75) is 18.3 Å². The van der Waals surface area contributed by atoms with Gasteiger partial charge < -0.3 is 0 Å². The maximum atomic E-state index is 10.4. The molecule has 4 rings (SSSR count). The Kier molecular flexibility index (Phi) is 9.79. The molecule has 3 aromatic carbocycles. The van der Waals surface area contributed by atoms with E-state index < -0.39 is 4.43 Å². The molecule has 0 atom stereocenters. The summed E-state index contributed by atoms with van der Waals surface area (Å²) in [5.41, 5.74) is 3.61. The van der Waals surface area contributed by atoms with Crippen molar-refractivity contribution in [3.05, 3.63) is 103 Å². The van der Waals surface area contributed by atoms with E-state index >= 15 is 0 Å². The van der Waals surface area contributed by atoms with Gasteiger partial charge in [-0.05, 0) is 23.3 Å². The Morgan fingerprint density at radius 1 is 0.667 bits per heavy atom. The van der Waals surface area contributed by atoms with Crippen LogP contribution in [0.2, 0.25) is 4.43 Å². The van der Waals surface area contributed by atoms with Crippen molar-refractivity contribution in [3.63, 3.8) is 0 Å². The summed E-state index contributed by atoms with van der Waals surface area (Å²) in [6, 6.07) is 32.9. The number of hydrogen-bond acceptors (Lipinski definition) is 3. The minimum absolute atomic E-state index is 0.0579. The molecule has 0 unspecified atom stereocenters. The molecule has 0 aliphatic carbocycles. The summed E-state index contributed by atoms with van der Waals surface area (Å²) in [6.07, 6.45) is 1.81. The molecule has 1 aromatic heterocycles. The molecule has 0 N–H and O–H groups in total. The van der Waals surface area contributed by atoms with E-state index in [-0.39, 0.29) is 11.6 Å². The number of nitrogens with zero attached hydrogens (tertiary/aromatic N) is 1. The van der Waals surface area contributed by atoms with Crippen LogP contribution in [0.5, 0.6) is 0 Å². The first-order chi connectivity index (χ1) is 14.5. The third kappa shape index (κ3) is 7.82. The van der Waals surface area contributed by atoms with E-state index in [0.717, 1.165) is 5.52 Å². The van der Waals surface area contributed by atoms with Crippen molar-refractivity contribution in [2.24, 2.45) is 0 Å². The third-order valence-corrected chi connectivity index (χ3v) is 6.02. The molecule has 1 heterocycles. The molecule has 154 valence electrons. The zero-order valence-electron chi connectivity index (χ0n) is 17.0. The van der Waals surface area contributed by atoms with Crippen LogP contribution >= 0.6 is 0 Å². The summed E-state index contributed by atoms with van der Waals surface area (Å²) in [4.78, 5) is 24.9. The standard InChI is InChI=1S/C12H10.C9H7N.C5H7O2.Ir/c1-3-7-11(8-4-1)12-9-5-2-6-10-12;1-2-6-9-8(4-1)5-3-7-10-9;1-4(6)3-5(2)7;/h1-10H;1-7H;3H,1-2H3;. The molecule has 0 aliphatic rings. The second-order valence-electron chi connectivity index (χ2n) is 6.49. The topological polar surface area (TPSA) is 47.0 Å². The van der Waals surface area contributed by atoms with E-state index in [4.69, 9.17) is 0 Å². The molecule has 3 nitrogen and oxygen atoms in total. The van der Waals surface area contributed by atoms with E-state index in [2.05, 4.69) is 65.6 Å². The molecule has 0 aliphatic heterocycles. The van der Waals surface area contributed by atoms with Crippen LogP contribution in [0.1, 0.15) is 13.8 Å². The van der Waals surface area contributed by atoms with Crippen LogP contribution in [0, 0.1) is 0 Å². The Hall–Kier alpha value is -2.94. The number of pyridine rings is 1. The molecule has 4 aromatic rings. The number of rotatable bonds is 3. The average molecular weight is 575 g/mol. The molecule has 0 saturated carbocycles. The van der Waals surface area contributed by atoms with Gasteiger partial charge in [-0.25, -0.2) is 0 Å². The smallest absolute Gasteiger partial charge is 0.0701 e. The Bertz CT molecular complexity index is 949. The van der Waals surface area contributed by atoms with Gasteiger partial charge in [0.2, 0.25) is 0 Å². The van der Waals surface area contributed by atoms with Crippen LogP contribution in [-0.2, 0) is 28.5 Å². The largest absolute Gasteiger partial charge is 0.256 e. The van der Waals surface area contributed by atoms with Crippen molar-refractivity contribution < 1.29 is 28.5 Å². The number of para-hydroxylation sites is 1. The van der Waals surface area contributed by atoms with E-state index in [1.54, 1.807) is 18.9 Å². The van der Waals surface area contributed by atoms with Gasteiger partial charge >= 0.3 is 58.3 Å². The summed E-state index contributed by atoms with van der Waals surface area (Å²) in [7, 11) is 0. The van der Waals surface area contributed by atoms with Crippen molar-refractivity contribution in [1.82, 2.24) is 4.98 Å². The second-order valence-corrected chi connectivity index (χ2v) is 7.87. The predicted octanol–water partition coefficient (Wildman–Crippen LogP) is 6.09. The monoisotopic (exact) mass is 575 g/mol. The Morgan fingerprint density at radius 2 is 1.10 bits per heavy atom. The van der Waals surface area contributed by atoms with E-state index in [1.807, 2.05) is 42.6 Å². The fourth-order valence-electron chi connectivity index (χ4n) is 2.56. The summed E-state index contributed by atoms with van der Waals surface area (Å²) in [6.45, 7) is 2.85. The van der Waals surface area contributed by atoms with Gasteiger partial charge in [0, 0.05) is 11.6 Å². The Morgan fingerprint density at radius 3 is 1.53 bits per heavy atom. The van der Waals surface area contributed by atoms with Crippen LogP contribution in [-0.4, -0.2) is 16.6 Å². The minimum atomic E-state index is -0.407. The number of carbonyl (C=O) groups excluding carboxylic acids is 2. The molecule has 30 heavy (non-hydrogen) atoms. The van der Waals surface area contributed by atoms with Gasteiger partial charge in [0.15, 0.2) is 0 Å². The fraction of sp³-hybridized carbons (Fsp3) is 0.115. The Balaban J connectivity index is 0.000000164. The molecule has 4 heteroatoms. The van der Waals surface area contributed by atoms with Crippen molar-refractivity contribution >= 4 is 22.5 Å². The summed E-state index contributed by atoms with van der Waals surface area (Å²) in [5.74, 6) is -0.116. The molecular weight excluding hydrogens is 551 g/mol. The van der Waals surface area contributed by atoms with Crippen molar-refractivity contribution in [2.75, 3.05) is 0 Å². The van der Waals surface area contributed by atoms with E-state index in [0.29, 0.717) is 0 Å². The SMILES string of the molecule is CC(=O)[CH]([Ir])C(C)=O.c1ccc(-c2ccccc2)cc1.c1ccc2ncccc2c1. The summed E-state index contributed by atoms with van der Waals surface area (Å²) < 4.78 is -0.407. The maximum Gasteiger partial charge on any atom is 0.0701 e. The molecule has 0 fully saturated rings. The van der Waals surface area contributed by atoms with Gasteiger partial charge in [0.1, 0.15) is 0 Å². The molecule has 0 amide bonds. The van der Waals surface area contributed by atoms with Gasteiger partial charge in [-0.3, -0.25) is 4.98 Å². The number of benzene rings is 3. The first-order valence-electron chi connectivity index (χ1n) is 9.51. The van der Waals surface area contributed by atoms with Crippen LogP contribution in [0.15, 0.2) is 103 Å². The average Bonchev–Trinajstić information content (AvgIpc) is 2.80. The fourth-order valence-corrected chi connectivity index (χ4v) is 2.56. The van der Waals surface area contributed by atoms with Crippen LogP contribution in [0.4, 0.5) is 0 Å². The number of carbonyl (C=O) groups is 2. The molecule has 0 radical (unpaired) electrons. The van der Waals surface area contributed by atoms with Crippen LogP contribution in [0.3, 0.4) is 0 Å². The quantitative estimate of drug-likeness (QED) is 0.279. The third-order valence-electron chi connectivity index (χ3n) is 4.07. The van der Waals surface area contributed by atoms with Crippen molar-refractivity contribution in [1.29, 1.82) is 0 Å². The first kappa shape index (κ1) is 23.3. The first-order valence-corrected chi connectivity index (χ1v) is 10.9. The minimum Gasteiger partial charge on any atom is -0.256 e. The van der Waals surface area contributed by atoms with Gasteiger partial charge in [0.05, 0.1) is 5.52 Å². The van der Waals surface area contributed by atoms with Gasteiger partial charge in [-0.15, -0.1) is 0 Å². The van der Waals surface area contributed by atoms with Gasteiger partial charge in [-0.1, -0.05) is 84.9 Å². The number of ketones is 2. The van der Waals surface area contributed by atoms with Gasteiger partial charge in [-0.2, -0.15) is 0 Å². The number of hydrogen-bond donors (Lipinski definition) is 0. The normalized spacial score (nSPS) is 9.77. The molecular formula is C26H24IrNO2. The Labute approximate surface area is 188 Å². The number of fused-ring (bicyclic) bond motifs is 1. The summed E-state index contributed by atoms with van der Waals surface area (Å²) >= 11 is 1.62. The predicted molar refractivity (Wildman–Crippen MR) is 119 cm³/mol. The van der Waals surface area contributed by atoms with Crippen LogP contribution < -0.4 is 0 Å². The molecule has 0 bridgehead atoms. The van der Waals surface area contributed by atoms with E-state index in [1.165, 1.54) is 30.4 Å². The van der Waals surface area contributed by atoms with Gasteiger partial charge in [0.25, 0.3) is 0 Å². The van der Waals surface area contributed by atoms with Crippen LogP contribution in [0.25, 0.3) is 22.0 Å². The molecule has 0 spiro atoms. The van der Waals surface area contributed by atoms with E-state index in [9.17, 15) is 9.59 Å². The number of aromatic nitrogens is 1. The second kappa shape index (κ2) is 12.6. The zero-order chi connectivity index (χ0) is 21.8. The maximum absolute atomic E-state index is 10.4. The molecule has 0 saturated heterocycles. The zero-order valence-corrected chi connectivity index (χ0v) is 19.4. The number of Topliss-reactive ketones (excluding diaryl/α,β-unsaturated/α-hetero) is 2.